The van der Waals surface area contributed by atoms with E-state index >= 15 is 0 Å². The lowest BCUT2D eigenvalue weighted by Gasteiger charge is -2.17. The van der Waals surface area contributed by atoms with Gasteiger partial charge in [0.2, 0.25) is 0 Å². The largest absolute Gasteiger partial charge is 0.271 e. The monoisotopic (exact) mass is 329 g/mol. The van der Waals surface area contributed by atoms with Crippen molar-refractivity contribution in [2.75, 3.05) is 0 Å². The highest BCUT2D eigenvalue weighted by Gasteiger charge is 2.17. The molecule has 1 unspecified atom stereocenters. The molecule has 0 saturated carbocycles. The minimum atomic E-state index is -0.457. The Morgan fingerprint density at radius 2 is 2.11 bits per heavy atom. The Morgan fingerprint density at radius 3 is 2.72 bits per heavy atom. The summed E-state index contributed by atoms with van der Waals surface area (Å²) in [7, 11) is 0. The standard InChI is InChI=1S/C12H10BrClFN3/c13-7-1-4-11(17-6-7)12(18-16)9-5-8(15)2-3-10(9)14/h1-6,12,18H,16H2. The lowest BCUT2D eigenvalue weighted by atomic mass is 10.0. The Morgan fingerprint density at radius 1 is 1.33 bits per heavy atom. The number of aromatic nitrogens is 1. The van der Waals surface area contributed by atoms with Crippen molar-refractivity contribution in [3.8, 4) is 0 Å². The Kier molecular flexibility index (Phi) is 4.29. The average Bonchev–Trinajstić information content (AvgIpc) is 2.37. The molecular formula is C12H10BrClFN3. The van der Waals surface area contributed by atoms with Crippen LogP contribution in [0.1, 0.15) is 17.3 Å². The van der Waals surface area contributed by atoms with Crippen molar-refractivity contribution in [1.29, 1.82) is 0 Å². The van der Waals surface area contributed by atoms with E-state index in [2.05, 4.69) is 26.3 Å². The third-order valence-corrected chi connectivity index (χ3v) is 3.30. The highest BCUT2D eigenvalue weighted by molar-refractivity contribution is 9.10. The van der Waals surface area contributed by atoms with E-state index in [0.717, 1.165) is 4.47 Å². The zero-order valence-corrected chi connectivity index (χ0v) is 11.5. The van der Waals surface area contributed by atoms with Gasteiger partial charge in [0, 0.05) is 15.7 Å². The van der Waals surface area contributed by atoms with Crippen molar-refractivity contribution in [3.05, 3.63) is 63.1 Å². The van der Waals surface area contributed by atoms with Gasteiger partial charge in [0.05, 0.1) is 11.7 Å². The fraction of sp³-hybridized carbons (Fsp3) is 0.0833. The molecule has 2 rings (SSSR count). The number of halogens is 3. The number of hydrogen-bond acceptors (Lipinski definition) is 3. The molecule has 0 aliphatic heterocycles. The van der Waals surface area contributed by atoms with Gasteiger partial charge in [-0.2, -0.15) is 0 Å². The van der Waals surface area contributed by atoms with Crippen LogP contribution in [-0.4, -0.2) is 4.98 Å². The first kappa shape index (κ1) is 13.4. The minimum Gasteiger partial charge on any atom is -0.271 e. The zero-order valence-electron chi connectivity index (χ0n) is 9.20. The van der Waals surface area contributed by atoms with E-state index in [9.17, 15) is 4.39 Å². The molecule has 18 heavy (non-hydrogen) atoms. The van der Waals surface area contributed by atoms with Gasteiger partial charge in [-0.25, -0.2) is 9.82 Å². The van der Waals surface area contributed by atoms with E-state index in [4.69, 9.17) is 17.4 Å². The molecule has 94 valence electrons. The molecule has 6 heteroatoms. The SMILES string of the molecule is NNC(c1ccc(Br)cn1)c1cc(F)ccc1Cl. The van der Waals surface area contributed by atoms with Crippen LogP contribution < -0.4 is 11.3 Å². The van der Waals surface area contributed by atoms with Crippen molar-refractivity contribution in [2.24, 2.45) is 5.84 Å². The minimum absolute atomic E-state index is 0.369. The molecule has 2 aromatic rings. The van der Waals surface area contributed by atoms with Gasteiger partial charge in [0.1, 0.15) is 5.82 Å². The summed E-state index contributed by atoms with van der Waals surface area (Å²) in [5, 5.41) is 0.434. The number of nitrogens with two attached hydrogens (primary N) is 1. The molecule has 0 fully saturated rings. The Labute approximate surface area is 117 Å². The molecule has 3 N–H and O–H groups in total. The Balaban J connectivity index is 2.44. The number of rotatable bonds is 3. The zero-order chi connectivity index (χ0) is 13.1. The lowest BCUT2D eigenvalue weighted by Crippen LogP contribution is -2.29. The van der Waals surface area contributed by atoms with Crippen molar-refractivity contribution >= 4 is 27.5 Å². The van der Waals surface area contributed by atoms with E-state index in [1.165, 1.54) is 18.2 Å². The second kappa shape index (κ2) is 5.75. The summed E-state index contributed by atoms with van der Waals surface area (Å²) in [6, 6.07) is 7.30. The fourth-order valence-corrected chi connectivity index (χ4v) is 2.09. The van der Waals surface area contributed by atoms with Crippen LogP contribution >= 0.6 is 27.5 Å². The number of nitrogens with zero attached hydrogens (tertiary/aromatic N) is 1. The van der Waals surface area contributed by atoms with E-state index in [1.807, 2.05) is 6.07 Å². The topological polar surface area (TPSA) is 50.9 Å². The predicted molar refractivity (Wildman–Crippen MR) is 72.5 cm³/mol. The number of hydrazine groups is 1. The van der Waals surface area contributed by atoms with Crippen LogP contribution in [0.2, 0.25) is 5.02 Å². The van der Waals surface area contributed by atoms with Crippen LogP contribution in [-0.2, 0) is 0 Å². The van der Waals surface area contributed by atoms with Crippen LogP contribution in [0.3, 0.4) is 0 Å². The van der Waals surface area contributed by atoms with Gasteiger partial charge in [-0.15, -0.1) is 0 Å². The van der Waals surface area contributed by atoms with Crippen molar-refractivity contribution < 1.29 is 4.39 Å². The molecule has 1 atom stereocenters. The van der Waals surface area contributed by atoms with E-state index < -0.39 is 6.04 Å². The van der Waals surface area contributed by atoms with E-state index in [1.54, 1.807) is 12.3 Å². The molecule has 0 saturated heterocycles. The van der Waals surface area contributed by atoms with Gasteiger partial charge >= 0.3 is 0 Å². The molecule has 0 radical (unpaired) electrons. The summed E-state index contributed by atoms with van der Waals surface area (Å²) >= 11 is 9.35. The summed E-state index contributed by atoms with van der Waals surface area (Å²) in [4.78, 5) is 4.23. The summed E-state index contributed by atoms with van der Waals surface area (Å²) < 4.78 is 14.1. The summed E-state index contributed by atoms with van der Waals surface area (Å²) in [6.07, 6.45) is 1.65. The summed E-state index contributed by atoms with van der Waals surface area (Å²) in [5.74, 6) is 5.14. The smallest absolute Gasteiger partial charge is 0.123 e. The third-order valence-electron chi connectivity index (χ3n) is 2.48. The molecule has 1 heterocycles. The van der Waals surface area contributed by atoms with Gasteiger partial charge in [0.25, 0.3) is 0 Å². The summed E-state index contributed by atoms with van der Waals surface area (Å²) in [5.41, 5.74) is 3.80. The molecule has 0 aliphatic carbocycles. The molecular weight excluding hydrogens is 321 g/mol. The van der Waals surface area contributed by atoms with Gasteiger partial charge in [-0.1, -0.05) is 11.6 Å². The van der Waals surface area contributed by atoms with Gasteiger partial charge in [-0.3, -0.25) is 10.8 Å². The molecule has 3 nitrogen and oxygen atoms in total. The van der Waals surface area contributed by atoms with E-state index in [0.29, 0.717) is 16.3 Å². The number of pyridine rings is 1. The van der Waals surface area contributed by atoms with Gasteiger partial charge in [0.15, 0.2) is 0 Å². The van der Waals surface area contributed by atoms with Crippen molar-refractivity contribution in [2.45, 2.75) is 6.04 Å². The van der Waals surface area contributed by atoms with Crippen LogP contribution in [0.5, 0.6) is 0 Å². The highest BCUT2D eigenvalue weighted by atomic mass is 79.9. The maximum atomic E-state index is 13.3. The molecule has 0 spiro atoms. The Hall–Kier alpha value is -1.01. The summed E-state index contributed by atoms with van der Waals surface area (Å²) in [6.45, 7) is 0. The normalized spacial score (nSPS) is 12.4. The molecule has 1 aromatic heterocycles. The molecule has 0 bridgehead atoms. The number of hydrogen-bond donors (Lipinski definition) is 2. The van der Waals surface area contributed by atoms with Gasteiger partial charge < -0.3 is 0 Å². The van der Waals surface area contributed by atoms with Crippen molar-refractivity contribution in [3.63, 3.8) is 0 Å². The quantitative estimate of drug-likeness (QED) is 0.671. The molecule has 0 amide bonds. The van der Waals surface area contributed by atoms with Crippen LogP contribution in [0, 0.1) is 5.82 Å². The number of nitrogens with one attached hydrogen (secondary N) is 1. The maximum absolute atomic E-state index is 13.3. The van der Waals surface area contributed by atoms with Crippen LogP contribution in [0.25, 0.3) is 0 Å². The van der Waals surface area contributed by atoms with Crippen LogP contribution in [0.4, 0.5) is 4.39 Å². The average molecular weight is 331 g/mol. The maximum Gasteiger partial charge on any atom is 0.123 e. The molecule has 1 aromatic carbocycles. The van der Waals surface area contributed by atoms with Crippen LogP contribution in [0.15, 0.2) is 41.0 Å². The lowest BCUT2D eigenvalue weighted by molar-refractivity contribution is 0.598. The second-order valence-electron chi connectivity index (χ2n) is 3.67. The predicted octanol–water partition coefficient (Wildman–Crippen LogP) is 3.19. The van der Waals surface area contributed by atoms with Crippen molar-refractivity contribution in [1.82, 2.24) is 10.4 Å². The highest BCUT2D eigenvalue weighted by Crippen LogP contribution is 2.27. The first-order chi connectivity index (χ1) is 8.61. The van der Waals surface area contributed by atoms with E-state index in [-0.39, 0.29) is 5.82 Å². The first-order valence-corrected chi connectivity index (χ1v) is 6.31. The first-order valence-electron chi connectivity index (χ1n) is 5.14. The Bertz CT molecular complexity index is 548. The second-order valence-corrected chi connectivity index (χ2v) is 4.99. The molecule has 0 aliphatic rings. The third kappa shape index (κ3) is 2.87. The fourth-order valence-electron chi connectivity index (χ4n) is 1.63. The van der Waals surface area contributed by atoms with Gasteiger partial charge in [-0.05, 0) is 51.8 Å². The number of benzene rings is 1.